The standard InChI is InChI=1S/C23H26N2O3/c1-16-17(2)24(22-6-4-3-5-21(16)22)15-18-7-9-19(10-8-18)23(26)25(27)20-11-13-28-14-12-20/h3-10,20,27H,11-15H2,1-2H3. The summed E-state index contributed by atoms with van der Waals surface area (Å²) in [5.41, 5.74) is 5.40. The molecule has 1 aliphatic rings. The molecule has 5 nitrogen and oxygen atoms in total. The molecule has 28 heavy (non-hydrogen) atoms. The molecule has 1 saturated heterocycles. The number of carbonyl (C=O) groups excluding carboxylic acids is 1. The van der Waals surface area contributed by atoms with Gasteiger partial charge in [0.1, 0.15) is 0 Å². The van der Waals surface area contributed by atoms with Gasteiger partial charge < -0.3 is 9.30 Å². The third-order valence-electron chi connectivity index (χ3n) is 5.83. The van der Waals surface area contributed by atoms with Gasteiger partial charge in [-0.05, 0) is 56.0 Å². The molecular weight excluding hydrogens is 352 g/mol. The van der Waals surface area contributed by atoms with Crippen LogP contribution in [0.5, 0.6) is 0 Å². The number of hydroxylamine groups is 2. The molecular formula is C23H26N2O3. The first-order chi connectivity index (χ1) is 13.6. The van der Waals surface area contributed by atoms with Gasteiger partial charge in [0.05, 0.1) is 6.04 Å². The van der Waals surface area contributed by atoms with Crippen molar-refractivity contribution >= 4 is 16.8 Å². The largest absolute Gasteiger partial charge is 0.381 e. The van der Waals surface area contributed by atoms with E-state index in [4.69, 9.17) is 4.74 Å². The van der Waals surface area contributed by atoms with Crippen molar-refractivity contribution in [1.29, 1.82) is 0 Å². The Balaban J connectivity index is 1.53. The summed E-state index contributed by atoms with van der Waals surface area (Å²) in [6, 6.07) is 15.8. The molecule has 0 aliphatic carbocycles. The summed E-state index contributed by atoms with van der Waals surface area (Å²) in [4.78, 5) is 12.6. The van der Waals surface area contributed by atoms with Gasteiger partial charge in [-0.1, -0.05) is 30.3 Å². The van der Waals surface area contributed by atoms with E-state index in [0.717, 1.165) is 17.2 Å². The van der Waals surface area contributed by atoms with Gasteiger partial charge in [0.15, 0.2) is 0 Å². The predicted molar refractivity (Wildman–Crippen MR) is 109 cm³/mol. The van der Waals surface area contributed by atoms with Crippen LogP contribution in [0, 0.1) is 13.8 Å². The van der Waals surface area contributed by atoms with Crippen molar-refractivity contribution in [3.8, 4) is 0 Å². The van der Waals surface area contributed by atoms with Crippen molar-refractivity contribution < 1.29 is 14.7 Å². The summed E-state index contributed by atoms with van der Waals surface area (Å²) in [6.45, 7) is 6.21. The van der Waals surface area contributed by atoms with Crippen LogP contribution in [0.4, 0.5) is 0 Å². The molecule has 0 unspecified atom stereocenters. The number of para-hydroxylation sites is 1. The van der Waals surface area contributed by atoms with E-state index in [-0.39, 0.29) is 11.9 Å². The first kappa shape index (κ1) is 18.7. The van der Waals surface area contributed by atoms with Crippen molar-refractivity contribution in [3.63, 3.8) is 0 Å². The fourth-order valence-electron chi connectivity index (χ4n) is 3.97. The van der Waals surface area contributed by atoms with Crippen LogP contribution < -0.4 is 0 Å². The van der Waals surface area contributed by atoms with Gasteiger partial charge in [0.25, 0.3) is 5.91 Å². The van der Waals surface area contributed by atoms with Crippen LogP contribution in [0.3, 0.4) is 0 Å². The molecule has 0 radical (unpaired) electrons. The molecule has 0 saturated carbocycles. The van der Waals surface area contributed by atoms with Gasteiger partial charge in [-0.15, -0.1) is 0 Å². The van der Waals surface area contributed by atoms with E-state index in [1.165, 1.54) is 22.2 Å². The molecule has 0 atom stereocenters. The number of hydrogen-bond donors (Lipinski definition) is 1. The molecule has 0 bridgehead atoms. The molecule has 0 spiro atoms. The average Bonchev–Trinajstić information content (AvgIpc) is 2.99. The zero-order valence-corrected chi connectivity index (χ0v) is 16.4. The van der Waals surface area contributed by atoms with Crippen LogP contribution in [0.15, 0.2) is 48.5 Å². The number of hydrogen-bond acceptors (Lipinski definition) is 3. The van der Waals surface area contributed by atoms with Gasteiger partial charge in [-0.2, -0.15) is 0 Å². The summed E-state index contributed by atoms with van der Waals surface area (Å²) < 4.78 is 7.61. The van der Waals surface area contributed by atoms with Crippen LogP contribution in [0.2, 0.25) is 0 Å². The smallest absolute Gasteiger partial charge is 0.277 e. The first-order valence-corrected chi connectivity index (χ1v) is 9.80. The van der Waals surface area contributed by atoms with Crippen molar-refractivity contribution in [2.45, 2.75) is 39.3 Å². The SMILES string of the molecule is Cc1c(C)n(Cc2ccc(C(=O)N(O)C3CCOCC3)cc2)c2ccccc12. The molecule has 5 heteroatoms. The Morgan fingerprint density at radius 1 is 1.11 bits per heavy atom. The van der Waals surface area contributed by atoms with E-state index < -0.39 is 0 Å². The fraction of sp³-hybridized carbons (Fsp3) is 0.348. The number of aryl methyl sites for hydroxylation is 1. The minimum Gasteiger partial charge on any atom is -0.381 e. The predicted octanol–water partition coefficient (Wildman–Crippen LogP) is 4.32. The highest BCUT2D eigenvalue weighted by Gasteiger charge is 2.25. The molecule has 2 aromatic carbocycles. The zero-order chi connectivity index (χ0) is 19.7. The van der Waals surface area contributed by atoms with Crippen LogP contribution in [0.25, 0.3) is 10.9 Å². The Kier molecular flexibility index (Phi) is 5.20. The third-order valence-corrected chi connectivity index (χ3v) is 5.83. The third kappa shape index (κ3) is 3.43. The molecule has 1 aliphatic heterocycles. The molecule has 1 fully saturated rings. The Morgan fingerprint density at radius 3 is 2.50 bits per heavy atom. The van der Waals surface area contributed by atoms with Crippen molar-refractivity contribution in [2.75, 3.05) is 13.2 Å². The second-order valence-electron chi connectivity index (χ2n) is 7.50. The monoisotopic (exact) mass is 378 g/mol. The van der Waals surface area contributed by atoms with Crippen molar-refractivity contribution in [2.24, 2.45) is 0 Å². The van der Waals surface area contributed by atoms with Crippen LogP contribution in [-0.2, 0) is 11.3 Å². The highest BCUT2D eigenvalue weighted by molar-refractivity contribution is 5.93. The van der Waals surface area contributed by atoms with Crippen molar-refractivity contribution in [1.82, 2.24) is 9.63 Å². The number of fused-ring (bicyclic) bond motifs is 1. The minimum absolute atomic E-state index is 0.169. The van der Waals surface area contributed by atoms with E-state index in [2.05, 4.69) is 42.7 Å². The summed E-state index contributed by atoms with van der Waals surface area (Å²) in [5, 5.41) is 12.4. The number of rotatable bonds is 4. The lowest BCUT2D eigenvalue weighted by atomic mass is 10.1. The second-order valence-corrected chi connectivity index (χ2v) is 7.50. The van der Waals surface area contributed by atoms with Gasteiger partial charge >= 0.3 is 0 Å². The van der Waals surface area contributed by atoms with Crippen LogP contribution in [0.1, 0.15) is 40.0 Å². The van der Waals surface area contributed by atoms with Crippen molar-refractivity contribution in [3.05, 3.63) is 70.9 Å². The molecule has 1 aromatic heterocycles. The summed E-state index contributed by atoms with van der Waals surface area (Å²) >= 11 is 0. The van der Waals surface area contributed by atoms with E-state index in [9.17, 15) is 10.0 Å². The topological polar surface area (TPSA) is 54.7 Å². The molecule has 1 amide bonds. The first-order valence-electron chi connectivity index (χ1n) is 9.80. The maximum atomic E-state index is 12.6. The number of carbonyl (C=O) groups is 1. The lowest BCUT2D eigenvalue weighted by molar-refractivity contribution is -0.112. The number of ether oxygens (including phenoxy) is 1. The Bertz CT molecular complexity index is 985. The van der Waals surface area contributed by atoms with Gasteiger partial charge in [0, 0.05) is 41.9 Å². The highest BCUT2D eigenvalue weighted by Crippen LogP contribution is 2.26. The van der Waals surface area contributed by atoms with E-state index in [1.807, 2.05) is 12.1 Å². The Morgan fingerprint density at radius 2 is 1.79 bits per heavy atom. The Labute approximate surface area is 165 Å². The van der Waals surface area contributed by atoms with Crippen LogP contribution in [-0.4, -0.2) is 40.0 Å². The number of aromatic nitrogens is 1. The molecule has 3 aromatic rings. The Hall–Kier alpha value is -2.63. The lowest BCUT2D eigenvalue weighted by Crippen LogP contribution is -2.41. The number of amides is 1. The summed E-state index contributed by atoms with van der Waals surface area (Å²) in [6.07, 6.45) is 1.33. The molecule has 1 N–H and O–H groups in total. The maximum absolute atomic E-state index is 12.6. The summed E-state index contributed by atoms with van der Waals surface area (Å²) in [7, 11) is 0. The average molecular weight is 378 g/mol. The fourth-order valence-corrected chi connectivity index (χ4v) is 3.97. The molecule has 4 rings (SSSR count). The zero-order valence-electron chi connectivity index (χ0n) is 16.4. The summed E-state index contributed by atoms with van der Waals surface area (Å²) in [5.74, 6) is -0.350. The highest BCUT2D eigenvalue weighted by atomic mass is 16.5. The normalized spacial score (nSPS) is 15.1. The van der Waals surface area contributed by atoms with Crippen LogP contribution >= 0.6 is 0 Å². The minimum atomic E-state index is -0.350. The molecule has 146 valence electrons. The second kappa shape index (κ2) is 7.78. The number of nitrogens with zero attached hydrogens (tertiary/aromatic N) is 2. The van der Waals surface area contributed by atoms with Gasteiger partial charge in [0.2, 0.25) is 0 Å². The van der Waals surface area contributed by atoms with E-state index in [1.54, 1.807) is 12.1 Å². The van der Waals surface area contributed by atoms with E-state index in [0.29, 0.717) is 31.6 Å². The van der Waals surface area contributed by atoms with Gasteiger partial charge in [-0.3, -0.25) is 10.0 Å². The maximum Gasteiger partial charge on any atom is 0.277 e. The van der Waals surface area contributed by atoms with E-state index >= 15 is 0 Å². The lowest BCUT2D eigenvalue weighted by Gasteiger charge is -2.29. The van der Waals surface area contributed by atoms with Gasteiger partial charge in [-0.25, -0.2) is 5.06 Å². The molecule has 2 heterocycles. The number of benzene rings is 2. The quantitative estimate of drug-likeness (QED) is 0.543.